The molecule has 1 rings (SSSR count). The standard InChI is InChI=1S/C6H12N2S2/c1-3-8-4-7(2)6(9)10-5-8/h3-5H2,1-2H3/p+1. The number of thiocarbonyl (C=S) groups is 1. The summed E-state index contributed by atoms with van der Waals surface area (Å²) in [5, 5.41) is 0. The first-order chi connectivity index (χ1) is 4.74. The Morgan fingerprint density at radius 2 is 2.50 bits per heavy atom. The van der Waals surface area contributed by atoms with Crippen molar-refractivity contribution in [2.45, 2.75) is 6.92 Å². The van der Waals surface area contributed by atoms with Crippen LogP contribution in [-0.2, 0) is 0 Å². The van der Waals surface area contributed by atoms with Gasteiger partial charge in [0.2, 0.25) is 0 Å². The van der Waals surface area contributed by atoms with Gasteiger partial charge in [0.05, 0.1) is 6.54 Å². The molecule has 2 nitrogen and oxygen atoms in total. The van der Waals surface area contributed by atoms with E-state index in [1.165, 1.54) is 6.54 Å². The van der Waals surface area contributed by atoms with Crippen LogP contribution >= 0.6 is 24.0 Å². The summed E-state index contributed by atoms with van der Waals surface area (Å²) in [5.74, 6) is 1.14. The van der Waals surface area contributed by atoms with Crippen molar-refractivity contribution >= 4 is 28.3 Å². The summed E-state index contributed by atoms with van der Waals surface area (Å²) < 4.78 is 1.04. The van der Waals surface area contributed by atoms with Crippen molar-refractivity contribution in [3.8, 4) is 0 Å². The van der Waals surface area contributed by atoms with Gasteiger partial charge in [0, 0.05) is 7.05 Å². The van der Waals surface area contributed by atoms with Crippen LogP contribution in [0.2, 0.25) is 0 Å². The molecule has 10 heavy (non-hydrogen) atoms. The van der Waals surface area contributed by atoms with Gasteiger partial charge in [-0.05, 0) is 18.7 Å². The van der Waals surface area contributed by atoms with Crippen LogP contribution in [0.25, 0.3) is 0 Å². The third-order valence-electron chi connectivity index (χ3n) is 1.67. The van der Waals surface area contributed by atoms with Gasteiger partial charge in [0.15, 0.2) is 6.67 Å². The van der Waals surface area contributed by atoms with Crippen LogP contribution in [0.15, 0.2) is 0 Å². The van der Waals surface area contributed by atoms with E-state index in [1.54, 1.807) is 16.7 Å². The monoisotopic (exact) mass is 177 g/mol. The normalized spacial score (nSPS) is 27.2. The topological polar surface area (TPSA) is 7.68 Å². The van der Waals surface area contributed by atoms with Crippen LogP contribution in [0.5, 0.6) is 0 Å². The summed E-state index contributed by atoms with van der Waals surface area (Å²) in [6.45, 7) is 4.47. The number of nitrogens with zero attached hydrogens (tertiary/aromatic N) is 1. The van der Waals surface area contributed by atoms with Crippen molar-refractivity contribution in [3.63, 3.8) is 0 Å². The summed E-state index contributed by atoms with van der Waals surface area (Å²) in [7, 11) is 2.06. The molecule has 1 saturated heterocycles. The van der Waals surface area contributed by atoms with E-state index < -0.39 is 0 Å². The van der Waals surface area contributed by atoms with Gasteiger partial charge in [-0.15, -0.1) is 0 Å². The molecule has 0 aliphatic carbocycles. The predicted octanol–water partition coefficient (Wildman–Crippen LogP) is -0.230. The fourth-order valence-corrected chi connectivity index (χ4v) is 2.08. The lowest BCUT2D eigenvalue weighted by Crippen LogP contribution is -3.13. The van der Waals surface area contributed by atoms with E-state index >= 15 is 0 Å². The van der Waals surface area contributed by atoms with Gasteiger partial charge in [-0.2, -0.15) is 0 Å². The molecule has 4 heteroatoms. The average Bonchev–Trinajstić information content (AvgIpc) is 1.95. The lowest BCUT2D eigenvalue weighted by atomic mass is 10.6. The minimum Gasteiger partial charge on any atom is -0.314 e. The van der Waals surface area contributed by atoms with Crippen LogP contribution < -0.4 is 4.90 Å². The first kappa shape index (κ1) is 8.30. The third-order valence-corrected chi connectivity index (χ3v) is 3.45. The van der Waals surface area contributed by atoms with Crippen molar-refractivity contribution in [1.29, 1.82) is 0 Å². The number of quaternary nitrogens is 1. The zero-order valence-electron chi connectivity index (χ0n) is 6.39. The van der Waals surface area contributed by atoms with Gasteiger partial charge in [-0.25, -0.2) is 0 Å². The van der Waals surface area contributed by atoms with E-state index in [-0.39, 0.29) is 0 Å². The summed E-state index contributed by atoms with van der Waals surface area (Å²) in [6, 6.07) is 0. The van der Waals surface area contributed by atoms with E-state index in [9.17, 15) is 0 Å². The second-order valence-electron chi connectivity index (χ2n) is 2.51. The Bertz CT molecular complexity index is 138. The summed E-state index contributed by atoms with van der Waals surface area (Å²) in [6.07, 6.45) is 0. The molecule has 58 valence electrons. The molecule has 1 aliphatic rings. The fourth-order valence-electron chi connectivity index (χ4n) is 0.933. The quantitative estimate of drug-likeness (QED) is 0.554. The molecule has 0 bridgehead atoms. The summed E-state index contributed by atoms with van der Waals surface area (Å²) >= 11 is 6.88. The Balaban J connectivity index is 2.40. The van der Waals surface area contributed by atoms with Crippen molar-refractivity contribution in [2.75, 3.05) is 26.1 Å². The van der Waals surface area contributed by atoms with Gasteiger partial charge in [0.25, 0.3) is 0 Å². The summed E-state index contributed by atoms with van der Waals surface area (Å²) in [4.78, 5) is 3.74. The minimum atomic E-state index is 1.04. The number of hydrogen-bond acceptors (Lipinski definition) is 2. The molecule has 0 saturated carbocycles. The molecule has 1 aliphatic heterocycles. The maximum atomic E-state index is 5.10. The molecule has 1 N–H and O–H groups in total. The molecule has 0 radical (unpaired) electrons. The van der Waals surface area contributed by atoms with Crippen LogP contribution in [0.4, 0.5) is 0 Å². The molecule has 0 aromatic heterocycles. The Hall–Kier alpha value is 0.200. The molecule has 0 spiro atoms. The van der Waals surface area contributed by atoms with Crippen molar-refractivity contribution in [3.05, 3.63) is 0 Å². The van der Waals surface area contributed by atoms with Gasteiger partial charge in [-0.1, -0.05) is 12.2 Å². The van der Waals surface area contributed by atoms with Gasteiger partial charge in [-0.3, -0.25) is 0 Å². The summed E-state index contributed by atoms with van der Waals surface area (Å²) in [5.41, 5.74) is 0. The number of thioether (sulfide) groups is 1. The van der Waals surface area contributed by atoms with E-state index in [0.717, 1.165) is 16.9 Å². The Morgan fingerprint density at radius 1 is 1.80 bits per heavy atom. The highest BCUT2D eigenvalue weighted by Gasteiger charge is 2.19. The van der Waals surface area contributed by atoms with E-state index in [4.69, 9.17) is 12.2 Å². The maximum absolute atomic E-state index is 5.10. The molecule has 0 aromatic rings. The predicted molar refractivity (Wildman–Crippen MR) is 49.2 cm³/mol. The van der Waals surface area contributed by atoms with E-state index in [1.807, 2.05) is 0 Å². The third kappa shape index (κ3) is 1.84. The molecule has 1 unspecified atom stereocenters. The number of nitrogens with one attached hydrogen (secondary N) is 1. The van der Waals surface area contributed by atoms with E-state index in [2.05, 4.69) is 18.9 Å². The Labute approximate surface area is 71.6 Å². The van der Waals surface area contributed by atoms with Gasteiger partial charge < -0.3 is 9.80 Å². The molecule has 1 fully saturated rings. The average molecular weight is 177 g/mol. The number of hydrogen-bond donors (Lipinski definition) is 1. The number of rotatable bonds is 1. The van der Waals surface area contributed by atoms with Gasteiger partial charge >= 0.3 is 0 Å². The highest BCUT2D eigenvalue weighted by atomic mass is 32.2. The molecular formula is C6H13N2S2+. The Kier molecular flexibility index (Phi) is 2.95. The van der Waals surface area contributed by atoms with Crippen LogP contribution in [-0.4, -0.2) is 35.4 Å². The molecule has 1 atom stereocenters. The van der Waals surface area contributed by atoms with E-state index in [0.29, 0.717) is 0 Å². The highest BCUT2D eigenvalue weighted by Crippen LogP contribution is 2.06. The Morgan fingerprint density at radius 3 is 3.00 bits per heavy atom. The lowest BCUT2D eigenvalue weighted by Gasteiger charge is -2.30. The second-order valence-corrected chi connectivity index (χ2v) is 4.12. The van der Waals surface area contributed by atoms with Crippen molar-refractivity contribution in [2.24, 2.45) is 0 Å². The van der Waals surface area contributed by atoms with Crippen LogP contribution in [0, 0.1) is 0 Å². The smallest absolute Gasteiger partial charge is 0.154 e. The van der Waals surface area contributed by atoms with Crippen molar-refractivity contribution in [1.82, 2.24) is 4.90 Å². The first-order valence-electron chi connectivity index (χ1n) is 3.45. The fraction of sp³-hybridized carbons (Fsp3) is 0.833. The molecule has 0 amide bonds. The van der Waals surface area contributed by atoms with Crippen LogP contribution in [0.1, 0.15) is 6.92 Å². The van der Waals surface area contributed by atoms with Crippen LogP contribution in [0.3, 0.4) is 0 Å². The highest BCUT2D eigenvalue weighted by molar-refractivity contribution is 8.22. The minimum absolute atomic E-state index is 1.04. The first-order valence-corrected chi connectivity index (χ1v) is 4.85. The molecule has 1 heterocycles. The maximum Gasteiger partial charge on any atom is 0.154 e. The van der Waals surface area contributed by atoms with Crippen molar-refractivity contribution < 1.29 is 4.90 Å². The largest absolute Gasteiger partial charge is 0.314 e. The molecule has 0 aromatic carbocycles. The SMILES string of the molecule is CC[NH+]1CSC(=S)N(C)C1. The zero-order chi connectivity index (χ0) is 7.56. The zero-order valence-corrected chi connectivity index (χ0v) is 8.02. The second kappa shape index (κ2) is 3.55. The lowest BCUT2D eigenvalue weighted by molar-refractivity contribution is -0.894. The molecular weight excluding hydrogens is 164 g/mol. The van der Waals surface area contributed by atoms with Gasteiger partial charge in [0.1, 0.15) is 10.2 Å².